The van der Waals surface area contributed by atoms with Gasteiger partial charge in [0.2, 0.25) is 0 Å². The molecule has 0 saturated heterocycles. The van der Waals surface area contributed by atoms with Gasteiger partial charge in [-0.25, -0.2) is 8.42 Å². The van der Waals surface area contributed by atoms with E-state index in [1.54, 1.807) is 23.0 Å². The second-order valence-corrected chi connectivity index (χ2v) is 8.25. The number of carbonyl (C=O) groups excluding carboxylic acids is 1. The van der Waals surface area contributed by atoms with Crippen LogP contribution in [0.25, 0.3) is 11.4 Å². The SMILES string of the molecule is COCCS(=O)(=O)c1ccc(C(=O)Nc2cccc(-c3nncn3C)c2)cc1. The number of methoxy groups -OCH3 is 1. The van der Waals surface area contributed by atoms with Crippen LogP contribution in [0.3, 0.4) is 0 Å². The van der Waals surface area contributed by atoms with Gasteiger partial charge in [0.15, 0.2) is 15.7 Å². The molecular formula is C19H20N4O4S. The van der Waals surface area contributed by atoms with Crippen molar-refractivity contribution in [2.45, 2.75) is 4.90 Å². The number of nitrogens with zero attached hydrogens (tertiary/aromatic N) is 3. The van der Waals surface area contributed by atoms with Crippen molar-refractivity contribution in [3.63, 3.8) is 0 Å². The third kappa shape index (κ3) is 4.44. The van der Waals surface area contributed by atoms with Crippen molar-refractivity contribution < 1.29 is 17.9 Å². The van der Waals surface area contributed by atoms with E-state index in [0.29, 0.717) is 17.1 Å². The van der Waals surface area contributed by atoms with E-state index in [1.165, 1.54) is 31.4 Å². The van der Waals surface area contributed by atoms with Gasteiger partial charge in [0, 0.05) is 31.0 Å². The molecule has 0 saturated carbocycles. The van der Waals surface area contributed by atoms with Crippen LogP contribution in [0.1, 0.15) is 10.4 Å². The zero-order chi connectivity index (χ0) is 20.1. The van der Waals surface area contributed by atoms with Crippen LogP contribution in [-0.4, -0.2) is 48.6 Å². The van der Waals surface area contributed by atoms with Crippen LogP contribution >= 0.6 is 0 Å². The number of ether oxygens (including phenoxy) is 1. The molecule has 1 heterocycles. The van der Waals surface area contributed by atoms with Crippen molar-refractivity contribution in [2.75, 3.05) is 24.8 Å². The Kier molecular flexibility index (Phi) is 5.86. The summed E-state index contributed by atoms with van der Waals surface area (Å²) in [6.07, 6.45) is 1.60. The fourth-order valence-electron chi connectivity index (χ4n) is 2.61. The summed E-state index contributed by atoms with van der Waals surface area (Å²) in [6, 6.07) is 13.1. The van der Waals surface area contributed by atoms with Gasteiger partial charge in [0.05, 0.1) is 17.3 Å². The first kappa shape index (κ1) is 19.7. The Hall–Kier alpha value is -3.04. The average molecular weight is 400 g/mol. The number of sulfone groups is 1. The van der Waals surface area contributed by atoms with Crippen molar-refractivity contribution in [1.29, 1.82) is 0 Å². The lowest BCUT2D eigenvalue weighted by molar-refractivity contribution is 0.102. The molecule has 3 aromatic rings. The maximum absolute atomic E-state index is 12.5. The second-order valence-electron chi connectivity index (χ2n) is 6.14. The van der Waals surface area contributed by atoms with Crippen molar-refractivity contribution in [3.8, 4) is 11.4 Å². The molecule has 0 radical (unpaired) electrons. The molecule has 0 unspecified atom stereocenters. The molecule has 3 rings (SSSR count). The first-order valence-corrected chi connectivity index (χ1v) is 10.1. The predicted molar refractivity (Wildman–Crippen MR) is 105 cm³/mol. The van der Waals surface area contributed by atoms with E-state index in [1.807, 2.05) is 19.2 Å². The Balaban J connectivity index is 1.74. The monoisotopic (exact) mass is 400 g/mol. The number of carbonyl (C=O) groups is 1. The number of aryl methyl sites for hydroxylation is 1. The predicted octanol–water partition coefficient (Wildman–Crippen LogP) is 2.15. The van der Waals surface area contributed by atoms with Crippen LogP contribution in [0.5, 0.6) is 0 Å². The molecule has 0 aliphatic heterocycles. The first-order valence-electron chi connectivity index (χ1n) is 8.48. The van der Waals surface area contributed by atoms with Crippen LogP contribution in [0.15, 0.2) is 59.8 Å². The minimum absolute atomic E-state index is 0.107. The summed E-state index contributed by atoms with van der Waals surface area (Å²) in [6.45, 7) is 0.117. The quantitative estimate of drug-likeness (QED) is 0.652. The summed E-state index contributed by atoms with van der Waals surface area (Å²) < 4.78 is 30.9. The number of nitrogens with one attached hydrogen (secondary N) is 1. The van der Waals surface area contributed by atoms with Gasteiger partial charge in [-0.05, 0) is 36.4 Å². The van der Waals surface area contributed by atoms with Gasteiger partial charge >= 0.3 is 0 Å². The van der Waals surface area contributed by atoms with Gasteiger partial charge in [0.25, 0.3) is 5.91 Å². The molecule has 28 heavy (non-hydrogen) atoms. The molecule has 0 atom stereocenters. The molecule has 1 amide bonds. The van der Waals surface area contributed by atoms with Crippen LogP contribution in [0, 0.1) is 0 Å². The Bertz CT molecular complexity index is 1080. The van der Waals surface area contributed by atoms with E-state index in [-0.39, 0.29) is 23.2 Å². The van der Waals surface area contributed by atoms with Crippen LogP contribution < -0.4 is 5.32 Å². The fourth-order valence-corrected chi connectivity index (χ4v) is 3.78. The van der Waals surface area contributed by atoms with Crippen LogP contribution in [0.4, 0.5) is 5.69 Å². The molecule has 1 N–H and O–H groups in total. The molecule has 8 nitrogen and oxygen atoms in total. The number of benzene rings is 2. The molecule has 0 bridgehead atoms. The average Bonchev–Trinajstić information content (AvgIpc) is 3.12. The number of hydrogen-bond donors (Lipinski definition) is 1. The Morgan fingerprint density at radius 1 is 1.18 bits per heavy atom. The lowest BCUT2D eigenvalue weighted by atomic mass is 10.1. The van der Waals surface area contributed by atoms with Crippen molar-refractivity contribution in [2.24, 2.45) is 7.05 Å². The number of hydrogen-bond acceptors (Lipinski definition) is 6. The zero-order valence-corrected chi connectivity index (χ0v) is 16.3. The standard InChI is InChI=1S/C19H20N4O4S/c1-23-13-20-22-18(23)15-4-3-5-16(12-15)21-19(24)14-6-8-17(9-7-14)28(25,26)11-10-27-2/h3-9,12-13H,10-11H2,1-2H3,(H,21,24). The van der Waals surface area contributed by atoms with Gasteiger partial charge in [-0.2, -0.15) is 0 Å². The van der Waals surface area contributed by atoms with Gasteiger partial charge < -0.3 is 14.6 Å². The Labute approximate surface area is 163 Å². The largest absolute Gasteiger partial charge is 0.384 e. The summed E-state index contributed by atoms with van der Waals surface area (Å²) in [5, 5.41) is 10.7. The second kappa shape index (κ2) is 8.32. The van der Waals surface area contributed by atoms with Gasteiger partial charge in [0.1, 0.15) is 6.33 Å². The highest BCUT2D eigenvalue weighted by atomic mass is 32.2. The van der Waals surface area contributed by atoms with Gasteiger partial charge in [-0.3, -0.25) is 4.79 Å². The summed E-state index contributed by atoms with van der Waals surface area (Å²) in [5.74, 6) is 0.238. The normalized spacial score (nSPS) is 11.4. The number of rotatable bonds is 7. The lowest BCUT2D eigenvalue weighted by Crippen LogP contribution is -2.14. The van der Waals surface area contributed by atoms with Crippen LogP contribution in [0.2, 0.25) is 0 Å². The first-order chi connectivity index (χ1) is 13.4. The van der Waals surface area contributed by atoms with E-state index in [9.17, 15) is 13.2 Å². The fraction of sp³-hybridized carbons (Fsp3) is 0.211. The molecular weight excluding hydrogens is 380 g/mol. The van der Waals surface area contributed by atoms with Crippen molar-refractivity contribution in [1.82, 2.24) is 14.8 Å². The molecule has 9 heteroatoms. The molecule has 0 spiro atoms. The topological polar surface area (TPSA) is 103 Å². The maximum Gasteiger partial charge on any atom is 0.255 e. The minimum Gasteiger partial charge on any atom is -0.384 e. The summed E-state index contributed by atoms with van der Waals surface area (Å²) >= 11 is 0. The summed E-state index contributed by atoms with van der Waals surface area (Å²) in [7, 11) is -0.148. The van der Waals surface area contributed by atoms with E-state index in [4.69, 9.17) is 4.74 Å². The highest BCUT2D eigenvalue weighted by molar-refractivity contribution is 7.91. The Morgan fingerprint density at radius 2 is 1.93 bits per heavy atom. The summed E-state index contributed by atoms with van der Waals surface area (Å²) in [5.41, 5.74) is 1.77. The lowest BCUT2D eigenvalue weighted by Gasteiger charge is -2.08. The number of aromatic nitrogens is 3. The Morgan fingerprint density at radius 3 is 2.57 bits per heavy atom. The number of amides is 1. The van der Waals surface area contributed by atoms with E-state index in [0.717, 1.165) is 5.56 Å². The minimum atomic E-state index is -3.43. The molecule has 146 valence electrons. The summed E-state index contributed by atoms with van der Waals surface area (Å²) in [4.78, 5) is 12.7. The van der Waals surface area contributed by atoms with E-state index >= 15 is 0 Å². The maximum atomic E-state index is 12.5. The highest BCUT2D eigenvalue weighted by Crippen LogP contribution is 2.21. The van der Waals surface area contributed by atoms with Gasteiger partial charge in [-0.15, -0.1) is 10.2 Å². The van der Waals surface area contributed by atoms with Crippen molar-refractivity contribution >= 4 is 21.4 Å². The third-order valence-corrected chi connectivity index (χ3v) is 5.82. The van der Waals surface area contributed by atoms with Crippen LogP contribution in [-0.2, 0) is 21.6 Å². The van der Waals surface area contributed by atoms with Crippen molar-refractivity contribution in [3.05, 3.63) is 60.4 Å². The molecule has 0 fully saturated rings. The highest BCUT2D eigenvalue weighted by Gasteiger charge is 2.15. The molecule has 0 aliphatic rings. The smallest absolute Gasteiger partial charge is 0.255 e. The zero-order valence-electron chi connectivity index (χ0n) is 15.5. The molecule has 1 aromatic heterocycles. The van der Waals surface area contributed by atoms with E-state index in [2.05, 4.69) is 15.5 Å². The molecule has 2 aromatic carbocycles. The third-order valence-electron chi connectivity index (χ3n) is 4.12. The van der Waals surface area contributed by atoms with E-state index < -0.39 is 9.84 Å². The molecule has 0 aliphatic carbocycles. The van der Waals surface area contributed by atoms with Gasteiger partial charge in [-0.1, -0.05) is 12.1 Å². The number of anilines is 1.